The highest BCUT2D eigenvalue weighted by Crippen LogP contribution is 2.36. The van der Waals surface area contributed by atoms with Gasteiger partial charge in [0.05, 0.1) is 12.3 Å². The lowest BCUT2D eigenvalue weighted by molar-refractivity contribution is -0.149. The fourth-order valence-corrected chi connectivity index (χ4v) is 3.76. The molecule has 1 aromatic rings. The zero-order chi connectivity index (χ0) is 17.1. The highest BCUT2D eigenvalue weighted by Gasteiger charge is 2.31. The van der Waals surface area contributed by atoms with Crippen LogP contribution in [0.25, 0.3) is 0 Å². The number of carbonyl (C=O) groups is 2. The first-order chi connectivity index (χ1) is 11.6. The van der Waals surface area contributed by atoms with Crippen LogP contribution in [0, 0.1) is 5.92 Å². The number of rotatable bonds is 4. The summed E-state index contributed by atoms with van der Waals surface area (Å²) in [5, 5.41) is 4.26. The number of carbonyl (C=O) groups excluding carboxylic acids is 2. The maximum Gasteiger partial charge on any atom is 0.315 e. The van der Waals surface area contributed by atoms with E-state index in [0.717, 1.165) is 37.1 Å². The first kappa shape index (κ1) is 17.0. The van der Waals surface area contributed by atoms with E-state index in [-0.39, 0.29) is 12.3 Å². The van der Waals surface area contributed by atoms with Crippen molar-refractivity contribution in [3.63, 3.8) is 0 Å². The predicted octanol–water partition coefficient (Wildman–Crippen LogP) is 2.46. The molecule has 2 heterocycles. The summed E-state index contributed by atoms with van der Waals surface area (Å²) in [5.41, 5.74) is 2.44. The van der Waals surface area contributed by atoms with Crippen LogP contribution in [0.1, 0.15) is 62.5 Å². The molecular formula is C18H26N2O4. The summed E-state index contributed by atoms with van der Waals surface area (Å²) in [6.45, 7) is 5.65. The molecule has 1 amide bonds. The second kappa shape index (κ2) is 7.36. The molecule has 0 bridgehead atoms. The molecule has 2 aliphatic rings. The van der Waals surface area contributed by atoms with E-state index in [2.05, 4.69) is 12.1 Å². The van der Waals surface area contributed by atoms with Crippen molar-refractivity contribution in [1.82, 2.24) is 10.1 Å². The van der Waals surface area contributed by atoms with Gasteiger partial charge in [0.1, 0.15) is 12.2 Å². The number of likely N-dealkylation sites (tertiary alicyclic amines) is 1. The van der Waals surface area contributed by atoms with Gasteiger partial charge in [-0.2, -0.15) is 0 Å². The van der Waals surface area contributed by atoms with Gasteiger partial charge in [-0.3, -0.25) is 9.59 Å². The molecule has 0 radical (unpaired) electrons. The zero-order valence-corrected chi connectivity index (χ0v) is 14.5. The highest BCUT2D eigenvalue weighted by atomic mass is 16.5. The van der Waals surface area contributed by atoms with E-state index in [1.807, 2.05) is 0 Å². The van der Waals surface area contributed by atoms with E-state index in [9.17, 15) is 9.59 Å². The topological polar surface area (TPSA) is 72.6 Å². The molecular weight excluding hydrogens is 308 g/mol. The minimum absolute atomic E-state index is 0.139. The first-order valence-electron chi connectivity index (χ1n) is 8.99. The Morgan fingerprint density at radius 2 is 2.04 bits per heavy atom. The number of fused-ring (bicyclic) bond motifs is 1. The van der Waals surface area contributed by atoms with E-state index in [4.69, 9.17) is 9.26 Å². The van der Waals surface area contributed by atoms with E-state index in [1.165, 1.54) is 12.0 Å². The van der Waals surface area contributed by atoms with Gasteiger partial charge >= 0.3 is 5.97 Å². The van der Waals surface area contributed by atoms with E-state index in [1.54, 1.807) is 11.8 Å². The average molecular weight is 334 g/mol. The van der Waals surface area contributed by atoms with E-state index < -0.39 is 5.97 Å². The molecule has 1 atom stereocenters. The molecule has 24 heavy (non-hydrogen) atoms. The maximum atomic E-state index is 12.1. The molecule has 1 aromatic heterocycles. The lowest BCUT2D eigenvalue weighted by Gasteiger charge is -2.31. The second-order valence-electron chi connectivity index (χ2n) is 6.96. The Balaban J connectivity index is 1.57. The summed E-state index contributed by atoms with van der Waals surface area (Å²) in [7, 11) is 0. The van der Waals surface area contributed by atoms with Gasteiger partial charge in [0.2, 0.25) is 5.91 Å². The van der Waals surface area contributed by atoms with Crippen LogP contribution in [0.15, 0.2) is 4.52 Å². The van der Waals surface area contributed by atoms with Crippen molar-refractivity contribution < 1.29 is 18.8 Å². The third-order valence-corrected chi connectivity index (χ3v) is 5.15. The Labute approximate surface area is 142 Å². The van der Waals surface area contributed by atoms with Gasteiger partial charge in [0.25, 0.3) is 0 Å². The van der Waals surface area contributed by atoms with Gasteiger partial charge < -0.3 is 14.2 Å². The number of amides is 1. The second-order valence-corrected chi connectivity index (χ2v) is 6.96. The van der Waals surface area contributed by atoms with Crippen LogP contribution in [-0.4, -0.2) is 41.6 Å². The summed E-state index contributed by atoms with van der Waals surface area (Å²) in [6, 6.07) is 0. The van der Waals surface area contributed by atoms with Crippen LogP contribution in [-0.2, 0) is 27.2 Å². The van der Waals surface area contributed by atoms with Gasteiger partial charge in [-0.05, 0) is 44.9 Å². The number of aryl methyl sites for hydroxylation is 1. The van der Waals surface area contributed by atoms with Crippen molar-refractivity contribution in [3.8, 4) is 0 Å². The fourth-order valence-electron chi connectivity index (χ4n) is 3.76. The van der Waals surface area contributed by atoms with Crippen molar-refractivity contribution in [2.45, 2.75) is 58.3 Å². The Bertz CT molecular complexity index is 602. The highest BCUT2D eigenvalue weighted by molar-refractivity contribution is 5.94. The van der Waals surface area contributed by atoms with Crippen LogP contribution >= 0.6 is 0 Å². The largest absolute Gasteiger partial charge is 0.466 e. The van der Waals surface area contributed by atoms with Gasteiger partial charge in [0, 0.05) is 24.6 Å². The number of ether oxygens (including phenoxy) is 1. The predicted molar refractivity (Wildman–Crippen MR) is 87.5 cm³/mol. The monoisotopic (exact) mass is 334 g/mol. The van der Waals surface area contributed by atoms with Gasteiger partial charge in [-0.1, -0.05) is 12.1 Å². The smallest absolute Gasteiger partial charge is 0.315 e. The maximum absolute atomic E-state index is 12.1. The van der Waals surface area contributed by atoms with Gasteiger partial charge in [0.15, 0.2) is 0 Å². The summed E-state index contributed by atoms with van der Waals surface area (Å²) < 4.78 is 10.5. The Morgan fingerprint density at radius 1 is 1.29 bits per heavy atom. The molecule has 0 saturated carbocycles. The lowest BCUT2D eigenvalue weighted by Crippen LogP contribution is -2.39. The molecule has 0 N–H and O–H groups in total. The van der Waals surface area contributed by atoms with Crippen LogP contribution in [0.4, 0.5) is 0 Å². The molecule has 1 aliphatic heterocycles. The molecule has 0 aromatic carbocycles. The van der Waals surface area contributed by atoms with Crippen LogP contribution in [0.5, 0.6) is 0 Å². The molecule has 0 unspecified atom stereocenters. The number of esters is 1. The zero-order valence-electron chi connectivity index (χ0n) is 14.5. The molecule has 0 spiro atoms. The molecule has 1 saturated heterocycles. The third kappa shape index (κ3) is 3.62. The average Bonchev–Trinajstić information content (AvgIpc) is 2.98. The van der Waals surface area contributed by atoms with Crippen molar-refractivity contribution in [1.29, 1.82) is 0 Å². The minimum atomic E-state index is -0.442. The molecule has 3 rings (SSSR count). The number of hydrogen-bond acceptors (Lipinski definition) is 5. The summed E-state index contributed by atoms with van der Waals surface area (Å²) in [5.74, 6) is 1.47. The van der Waals surface area contributed by atoms with Gasteiger partial charge in [-0.15, -0.1) is 0 Å². The van der Waals surface area contributed by atoms with Crippen molar-refractivity contribution in [2.75, 3.05) is 19.7 Å². The Hall–Kier alpha value is -1.85. The van der Waals surface area contributed by atoms with Crippen LogP contribution in [0.2, 0.25) is 0 Å². The molecule has 6 nitrogen and oxygen atoms in total. The first-order valence-corrected chi connectivity index (χ1v) is 8.99. The number of hydrogen-bond donors (Lipinski definition) is 0. The number of aromatic nitrogens is 1. The van der Waals surface area contributed by atoms with Gasteiger partial charge in [-0.25, -0.2) is 0 Å². The van der Waals surface area contributed by atoms with Crippen LogP contribution in [0.3, 0.4) is 0 Å². The summed E-state index contributed by atoms with van der Waals surface area (Å²) >= 11 is 0. The third-order valence-electron chi connectivity index (χ3n) is 5.15. The number of nitrogens with zero attached hydrogens (tertiary/aromatic N) is 2. The van der Waals surface area contributed by atoms with Crippen molar-refractivity contribution in [2.24, 2.45) is 5.92 Å². The molecule has 6 heteroatoms. The fraction of sp³-hybridized carbons (Fsp3) is 0.722. The standard InChI is InChI=1S/C18H26N2O4/c1-3-23-17(22)11-16(21)20-8-6-13(7-9-20)18-14-10-12(2)4-5-15(14)19-24-18/h12-13H,3-11H2,1-2H3/t12-/m1/s1. The molecule has 132 valence electrons. The van der Waals surface area contributed by atoms with E-state index >= 15 is 0 Å². The minimum Gasteiger partial charge on any atom is -0.466 e. The molecule has 1 aliphatic carbocycles. The Kier molecular flexibility index (Phi) is 5.21. The molecule has 1 fully saturated rings. The van der Waals surface area contributed by atoms with Crippen molar-refractivity contribution in [3.05, 3.63) is 17.0 Å². The Morgan fingerprint density at radius 3 is 2.75 bits per heavy atom. The van der Waals surface area contributed by atoms with E-state index in [0.29, 0.717) is 31.5 Å². The summed E-state index contributed by atoms with van der Waals surface area (Å²) in [4.78, 5) is 25.3. The lowest BCUT2D eigenvalue weighted by atomic mass is 9.83. The van der Waals surface area contributed by atoms with Crippen LogP contribution < -0.4 is 0 Å². The quantitative estimate of drug-likeness (QED) is 0.625. The number of piperidine rings is 1. The summed E-state index contributed by atoms with van der Waals surface area (Å²) in [6.07, 6.45) is 4.82. The SMILES string of the molecule is CCOC(=O)CC(=O)N1CCC(c2onc3c2C[C@H](C)CC3)CC1. The normalized spacial score (nSPS) is 21.4. The van der Waals surface area contributed by atoms with Crippen molar-refractivity contribution >= 4 is 11.9 Å².